The van der Waals surface area contributed by atoms with E-state index in [4.69, 9.17) is 0 Å². The van der Waals surface area contributed by atoms with Crippen molar-refractivity contribution in [3.05, 3.63) is 24.3 Å². The third kappa shape index (κ3) is 4.24. The van der Waals surface area contributed by atoms with Crippen molar-refractivity contribution in [2.75, 3.05) is 0 Å². The molecule has 0 amide bonds. The summed E-state index contributed by atoms with van der Waals surface area (Å²) in [5.41, 5.74) is 0. The van der Waals surface area contributed by atoms with Crippen LogP contribution in [-0.2, 0) is 0 Å². The molecule has 2 nitrogen and oxygen atoms in total. The molecule has 0 aromatic rings. The molecule has 2 heterocycles. The third-order valence-electron chi connectivity index (χ3n) is 13.9. The van der Waals surface area contributed by atoms with Gasteiger partial charge in [0.1, 0.15) is 0 Å². The van der Waals surface area contributed by atoms with Crippen molar-refractivity contribution >= 4 is 0 Å². The van der Waals surface area contributed by atoms with Gasteiger partial charge in [0.15, 0.2) is 0 Å². The first-order chi connectivity index (χ1) is 18.9. The van der Waals surface area contributed by atoms with Crippen LogP contribution in [0.4, 0.5) is 0 Å². The molecule has 210 valence electrons. The average molecular weight is 517 g/mol. The zero-order valence-electron chi connectivity index (χ0n) is 24.3. The number of hydrogen-bond acceptors (Lipinski definition) is 2. The third-order valence-corrected chi connectivity index (χ3v) is 13.9. The van der Waals surface area contributed by atoms with Crippen LogP contribution in [0.25, 0.3) is 0 Å². The molecule has 2 heteroatoms. The minimum atomic E-state index is 0.776. The van der Waals surface area contributed by atoms with Crippen LogP contribution in [0, 0.1) is 35.5 Å². The van der Waals surface area contributed by atoms with Crippen molar-refractivity contribution < 1.29 is 0 Å². The van der Waals surface area contributed by atoms with Gasteiger partial charge in [-0.1, -0.05) is 50.0 Å². The Morgan fingerprint density at radius 2 is 0.842 bits per heavy atom. The molecule has 2 aliphatic heterocycles. The van der Waals surface area contributed by atoms with E-state index in [0.29, 0.717) is 0 Å². The largest absolute Gasteiger partial charge is 0.290 e. The number of hydrogen-bond donors (Lipinski definition) is 0. The summed E-state index contributed by atoms with van der Waals surface area (Å²) in [6, 6.07) is 5.25. The highest BCUT2D eigenvalue weighted by Crippen LogP contribution is 2.57. The Balaban J connectivity index is 0.994. The summed E-state index contributed by atoms with van der Waals surface area (Å²) in [6.07, 6.45) is 40.2. The van der Waals surface area contributed by atoms with E-state index in [-0.39, 0.29) is 0 Å². The Morgan fingerprint density at radius 1 is 0.395 bits per heavy atom. The fourth-order valence-electron chi connectivity index (χ4n) is 12.5. The summed E-state index contributed by atoms with van der Waals surface area (Å²) in [5.74, 6) is 6.22. The van der Waals surface area contributed by atoms with E-state index in [1.807, 2.05) is 0 Å². The van der Waals surface area contributed by atoms with Gasteiger partial charge in [0.25, 0.3) is 0 Å². The Kier molecular flexibility index (Phi) is 7.05. The van der Waals surface area contributed by atoms with Crippen molar-refractivity contribution in [3.8, 4) is 0 Å². The highest BCUT2D eigenvalue weighted by Gasteiger charge is 2.56. The summed E-state index contributed by atoms with van der Waals surface area (Å²) < 4.78 is 0. The van der Waals surface area contributed by atoms with Crippen LogP contribution in [0.3, 0.4) is 0 Å². The van der Waals surface area contributed by atoms with Crippen molar-refractivity contribution in [3.63, 3.8) is 0 Å². The molecule has 0 aromatic heterocycles. The molecule has 2 saturated heterocycles. The minimum Gasteiger partial charge on any atom is -0.290 e. The Morgan fingerprint density at radius 3 is 1.29 bits per heavy atom. The second-order valence-corrected chi connectivity index (χ2v) is 15.4. The highest BCUT2D eigenvalue weighted by atomic mass is 15.3. The Labute approximate surface area is 234 Å². The lowest BCUT2D eigenvalue weighted by molar-refractivity contribution is 0.0491. The van der Waals surface area contributed by atoms with Crippen LogP contribution < -0.4 is 0 Å². The molecular formula is C36H56N2. The van der Waals surface area contributed by atoms with E-state index in [9.17, 15) is 0 Å². The first-order valence-electron chi connectivity index (χ1n) is 17.7. The molecule has 8 rings (SSSR count). The van der Waals surface area contributed by atoms with Crippen LogP contribution in [0.1, 0.15) is 128 Å². The highest BCUT2D eigenvalue weighted by molar-refractivity contribution is 5.13. The molecule has 10 unspecified atom stereocenters. The van der Waals surface area contributed by atoms with Crippen molar-refractivity contribution in [1.29, 1.82) is 0 Å². The molecule has 38 heavy (non-hydrogen) atoms. The first kappa shape index (κ1) is 25.1. The maximum atomic E-state index is 3.15. The lowest BCUT2D eigenvalue weighted by Crippen LogP contribution is -2.48. The first-order valence-corrected chi connectivity index (χ1v) is 17.7. The molecule has 0 bridgehead atoms. The number of nitrogens with zero attached hydrogens (tertiary/aromatic N) is 2. The number of fused-ring (bicyclic) bond motifs is 6. The summed E-state index contributed by atoms with van der Waals surface area (Å²) >= 11 is 0. The van der Waals surface area contributed by atoms with Crippen LogP contribution >= 0.6 is 0 Å². The number of rotatable bonds is 3. The quantitative estimate of drug-likeness (QED) is 0.347. The second-order valence-electron chi connectivity index (χ2n) is 15.4. The summed E-state index contributed by atoms with van der Waals surface area (Å²) in [7, 11) is 0. The average Bonchev–Trinajstić information content (AvgIpc) is 3.50. The van der Waals surface area contributed by atoms with Gasteiger partial charge in [-0.3, -0.25) is 9.80 Å². The van der Waals surface area contributed by atoms with Gasteiger partial charge in [-0.05, 0) is 138 Å². The van der Waals surface area contributed by atoms with Crippen molar-refractivity contribution in [1.82, 2.24) is 9.80 Å². The monoisotopic (exact) mass is 516 g/mol. The van der Waals surface area contributed by atoms with Crippen LogP contribution in [0.5, 0.6) is 0 Å². The van der Waals surface area contributed by atoms with Gasteiger partial charge < -0.3 is 0 Å². The van der Waals surface area contributed by atoms with Crippen molar-refractivity contribution in [2.45, 2.75) is 165 Å². The fourth-order valence-corrected chi connectivity index (χ4v) is 12.5. The van der Waals surface area contributed by atoms with Gasteiger partial charge in [-0.2, -0.15) is 0 Å². The van der Waals surface area contributed by atoms with Crippen LogP contribution in [-0.4, -0.2) is 46.1 Å². The van der Waals surface area contributed by atoms with Gasteiger partial charge in [-0.15, -0.1) is 0 Å². The molecule has 12 atom stereocenters. The van der Waals surface area contributed by atoms with E-state index < -0.39 is 0 Å². The summed E-state index contributed by atoms with van der Waals surface area (Å²) in [4.78, 5) is 6.30. The predicted molar refractivity (Wildman–Crippen MR) is 158 cm³/mol. The Bertz CT molecular complexity index is 820. The second kappa shape index (κ2) is 10.7. The van der Waals surface area contributed by atoms with E-state index >= 15 is 0 Å². The van der Waals surface area contributed by atoms with Gasteiger partial charge in [-0.25, -0.2) is 0 Å². The van der Waals surface area contributed by atoms with Gasteiger partial charge >= 0.3 is 0 Å². The summed E-state index contributed by atoms with van der Waals surface area (Å²) in [5, 5.41) is 0. The molecule has 0 spiro atoms. The van der Waals surface area contributed by atoms with Gasteiger partial charge in [0.2, 0.25) is 0 Å². The molecule has 4 saturated carbocycles. The minimum absolute atomic E-state index is 0.776. The van der Waals surface area contributed by atoms with E-state index in [2.05, 4.69) is 34.1 Å². The molecule has 8 aliphatic rings. The standard InChI is InChI=1S/C36H56N2/c1-3-11-27(12-4-1)37-33-17-9-7-15-29(33)31-23-25(19-21-35(31)37)26-20-22-36-32(24-26)30-16-8-10-18-34(30)38(36)28-13-5-2-6-14-28/h3,5,11,13,25-36H,1-2,4,6-10,12,14-24H2/t25?,26?,27-,28?,29?,30-,31?,32?,33?,34?,35?,36?/m0/s1. The SMILES string of the molecule is C1=CC(N2C3CCC(C4CCC5C(C4)C4CCCCC4N5[C@H]4C=CCCC4)CC3[C@@H]3CCCCC32)CCC1. The topological polar surface area (TPSA) is 6.48 Å². The smallest absolute Gasteiger partial charge is 0.0284 e. The number of allylic oxidation sites excluding steroid dienone is 2. The van der Waals surface area contributed by atoms with E-state index in [0.717, 1.165) is 71.8 Å². The molecule has 0 aromatic carbocycles. The van der Waals surface area contributed by atoms with Gasteiger partial charge in [0, 0.05) is 36.3 Å². The summed E-state index contributed by atoms with van der Waals surface area (Å²) in [6.45, 7) is 0. The zero-order chi connectivity index (χ0) is 25.1. The molecule has 6 aliphatic carbocycles. The van der Waals surface area contributed by atoms with Crippen LogP contribution in [0.15, 0.2) is 24.3 Å². The van der Waals surface area contributed by atoms with E-state index in [1.165, 1.54) is 89.9 Å². The van der Waals surface area contributed by atoms with Crippen molar-refractivity contribution in [2.24, 2.45) is 35.5 Å². The lowest BCUT2D eigenvalue weighted by Gasteiger charge is -2.46. The van der Waals surface area contributed by atoms with E-state index in [1.54, 1.807) is 38.5 Å². The normalized spacial score (nSPS) is 51.3. The Hall–Kier alpha value is -0.600. The predicted octanol–water partition coefficient (Wildman–Crippen LogP) is 8.52. The van der Waals surface area contributed by atoms with Crippen LogP contribution in [0.2, 0.25) is 0 Å². The maximum absolute atomic E-state index is 3.15. The molecule has 0 radical (unpaired) electrons. The lowest BCUT2D eigenvalue weighted by atomic mass is 9.62. The maximum Gasteiger partial charge on any atom is 0.0284 e. The molecule has 0 N–H and O–H groups in total. The zero-order valence-corrected chi connectivity index (χ0v) is 24.3. The molecular weight excluding hydrogens is 460 g/mol. The number of likely N-dealkylation sites (tertiary alicyclic amines) is 2. The molecule has 6 fully saturated rings. The fraction of sp³-hybridized carbons (Fsp3) is 0.889. The van der Waals surface area contributed by atoms with Gasteiger partial charge in [0.05, 0.1) is 0 Å².